The summed E-state index contributed by atoms with van der Waals surface area (Å²) in [4.78, 5) is 0. The Morgan fingerprint density at radius 2 is 1.60 bits per heavy atom. The van der Waals surface area contributed by atoms with E-state index in [-0.39, 0.29) is 0 Å². The van der Waals surface area contributed by atoms with Gasteiger partial charge in [-0.15, -0.1) is 19.4 Å². The molecule has 0 amide bonds. The number of allylic oxidation sites excluding steroid dienone is 1. The van der Waals surface area contributed by atoms with Crippen LogP contribution in [0.2, 0.25) is 0 Å². The fraction of sp³-hybridized carbons (Fsp3) is 0.200. The Morgan fingerprint density at radius 1 is 1.60 bits per heavy atom. The smallest absolute Gasteiger partial charge is 0.0473 e. The number of rotatable bonds is 0. The zero-order chi connectivity index (χ0) is 4.71. The van der Waals surface area contributed by atoms with E-state index in [0.29, 0.717) is 0 Å². The highest BCUT2D eigenvalue weighted by Gasteiger charge is 1.15. The molecule has 0 N–H and O–H groups in total. The molecule has 0 aromatic heterocycles. The van der Waals surface area contributed by atoms with Gasteiger partial charge in [-0.05, 0) is 6.92 Å². The van der Waals surface area contributed by atoms with Gasteiger partial charge in [0.15, 0.2) is 0 Å². The summed E-state index contributed by atoms with van der Waals surface area (Å²) in [5, 5.41) is 0. The molecule has 0 fully saturated rings. The van der Waals surface area contributed by atoms with Crippen LogP contribution in [0.1, 0.15) is 6.92 Å². The third-order valence-corrected chi connectivity index (χ3v) is 0. The van der Waals surface area contributed by atoms with Gasteiger partial charge in [0, 0.05) is 0 Å². The maximum absolute atomic E-state index is 4.00. The first-order chi connectivity index (χ1) is 2.41. The third-order valence-electron chi connectivity index (χ3n) is 0. The molecule has 28 valence electrons. The second-order valence-electron chi connectivity index (χ2n) is 0.408. The molecule has 0 heterocycles. The molecule has 5 heavy (non-hydrogen) atoms. The lowest BCUT2D eigenvalue weighted by molar-refractivity contribution is 1.80. The van der Waals surface area contributed by atoms with E-state index in [1.54, 1.807) is 6.08 Å². The van der Waals surface area contributed by atoms with Gasteiger partial charge in [-0.2, -0.15) is 0 Å². The lowest BCUT2D eigenvalue weighted by atomic mass is 10.8. The molecular weight excluding hydrogens is 60.1 g/mol. The average Bonchev–Trinajstić information content (AvgIpc) is 1.46. The molecule has 0 bridgehead atoms. The number of hydrogen-bond acceptors (Lipinski definition) is 0. The standard InChI is InChI=1S/C3H6.C2H2/c1-3-2;1-2/h3H,1H2,2H3;1-2H. The molecule has 0 saturated heterocycles. The molecule has 0 aromatic rings. The zero-order valence-corrected chi connectivity index (χ0v) is 3.44. The van der Waals surface area contributed by atoms with Crippen LogP contribution in [0.3, 0.4) is 0 Å². The minimum atomic E-state index is 1.75. The Bertz CT molecular complexity index is 24.3. The summed E-state index contributed by atoms with van der Waals surface area (Å²) in [6, 6.07) is 0. The van der Waals surface area contributed by atoms with Crippen LogP contribution in [0.25, 0.3) is 0 Å². The number of terminal acetylenes is 1. The van der Waals surface area contributed by atoms with Gasteiger partial charge in [0.2, 0.25) is 0 Å². The normalized spacial score (nSPS) is 3.00. The first-order valence-electron chi connectivity index (χ1n) is 1.32. The van der Waals surface area contributed by atoms with Gasteiger partial charge >= 0.3 is 0 Å². The van der Waals surface area contributed by atoms with Crippen molar-refractivity contribution in [1.82, 2.24) is 0 Å². The summed E-state index contributed by atoms with van der Waals surface area (Å²) in [6.07, 6.45) is 9.75. The molecule has 0 aromatic carbocycles. The summed E-state index contributed by atoms with van der Waals surface area (Å²) < 4.78 is 0. The molecule has 0 spiro atoms. The van der Waals surface area contributed by atoms with Crippen LogP contribution in [0.5, 0.6) is 0 Å². The first kappa shape index (κ1) is 8.85. The Balaban J connectivity index is 0. The van der Waals surface area contributed by atoms with Crippen molar-refractivity contribution >= 4 is 0 Å². The largest absolute Gasteiger partial charge is 0.124 e. The van der Waals surface area contributed by atoms with E-state index in [9.17, 15) is 0 Å². The highest BCUT2D eigenvalue weighted by atomic mass is 13.2. The van der Waals surface area contributed by atoms with Crippen molar-refractivity contribution in [3.05, 3.63) is 12.7 Å². The van der Waals surface area contributed by atoms with Gasteiger partial charge in [-0.25, -0.2) is 0 Å². The van der Waals surface area contributed by atoms with E-state index in [1.165, 1.54) is 0 Å². The lowest BCUT2D eigenvalue weighted by Gasteiger charge is -1.31. The zero-order valence-electron chi connectivity index (χ0n) is 3.44. The Hall–Kier alpha value is -0.700. The summed E-state index contributed by atoms with van der Waals surface area (Å²) in [6.45, 7) is 5.25. The van der Waals surface area contributed by atoms with Crippen LogP contribution in [-0.4, -0.2) is 0 Å². The maximum Gasteiger partial charge on any atom is -0.0473 e. The topological polar surface area (TPSA) is 0 Å². The van der Waals surface area contributed by atoms with Gasteiger partial charge in [0.25, 0.3) is 0 Å². The van der Waals surface area contributed by atoms with Crippen LogP contribution in [0, 0.1) is 12.8 Å². The summed E-state index contributed by atoms with van der Waals surface area (Å²) >= 11 is 0. The second-order valence-corrected chi connectivity index (χ2v) is 0.408. The molecule has 0 radical (unpaired) electrons. The van der Waals surface area contributed by atoms with Crippen molar-refractivity contribution in [1.29, 1.82) is 0 Å². The monoisotopic (exact) mass is 68.1 g/mol. The predicted molar refractivity (Wildman–Crippen MR) is 25.8 cm³/mol. The quantitative estimate of drug-likeness (QED) is 0.297. The fourth-order valence-electron chi connectivity index (χ4n) is 0. The predicted octanol–water partition coefficient (Wildman–Crippen LogP) is 1.44. The minimum Gasteiger partial charge on any atom is -0.124 e. The van der Waals surface area contributed by atoms with Crippen molar-refractivity contribution in [2.24, 2.45) is 0 Å². The van der Waals surface area contributed by atoms with Crippen molar-refractivity contribution in [3.8, 4) is 12.8 Å². The average molecular weight is 68.1 g/mol. The van der Waals surface area contributed by atoms with E-state index in [4.69, 9.17) is 0 Å². The van der Waals surface area contributed by atoms with Crippen LogP contribution >= 0.6 is 0 Å². The van der Waals surface area contributed by atoms with Gasteiger partial charge in [-0.3, -0.25) is 0 Å². The fourth-order valence-corrected chi connectivity index (χ4v) is 0. The van der Waals surface area contributed by atoms with Crippen LogP contribution in [0.15, 0.2) is 12.7 Å². The summed E-state index contributed by atoms with van der Waals surface area (Å²) in [7, 11) is 0. The highest BCUT2D eigenvalue weighted by molar-refractivity contribution is 4.51. The van der Waals surface area contributed by atoms with Crippen molar-refractivity contribution < 1.29 is 0 Å². The molecule has 0 aliphatic rings. The van der Waals surface area contributed by atoms with Crippen molar-refractivity contribution in [2.75, 3.05) is 0 Å². The maximum atomic E-state index is 4.00. The SMILES string of the molecule is C#C.C=CC. The van der Waals surface area contributed by atoms with Gasteiger partial charge in [0.1, 0.15) is 0 Å². The van der Waals surface area contributed by atoms with Crippen molar-refractivity contribution in [2.45, 2.75) is 6.92 Å². The lowest BCUT2D eigenvalue weighted by Crippen LogP contribution is -1.07. The highest BCUT2D eigenvalue weighted by Crippen LogP contribution is 1.38. The van der Waals surface area contributed by atoms with E-state index >= 15 is 0 Å². The molecule has 0 rings (SSSR count). The van der Waals surface area contributed by atoms with Crippen LogP contribution in [-0.2, 0) is 0 Å². The van der Waals surface area contributed by atoms with E-state index in [1.807, 2.05) is 6.92 Å². The summed E-state index contributed by atoms with van der Waals surface area (Å²) in [5.41, 5.74) is 0. The van der Waals surface area contributed by atoms with E-state index in [0.717, 1.165) is 0 Å². The van der Waals surface area contributed by atoms with E-state index < -0.39 is 0 Å². The third kappa shape index (κ3) is 11.4. The number of hydrogen-bond donors (Lipinski definition) is 0. The second kappa shape index (κ2) is 194. The Morgan fingerprint density at radius 3 is 1.60 bits per heavy atom. The van der Waals surface area contributed by atoms with Crippen LogP contribution in [0.4, 0.5) is 0 Å². The van der Waals surface area contributed by atoms with Gasteiger partial charge in [0.05, 0.1) is 0 Å². The van der Waals surface area contributed by atoms with Gasteiger partial charge in [-0.1, -0.05) is 6.08 Å². The molecule has 0 unspecified atom stereocenters. The van der Waals surface area contributed by atoms with Gasteiger partial charge < -0.3 is 0 Å². The van der Waals surface area contributed by atoms with E-state index in [2.05, 4.69) is 19.4 Å². The molecule has 0 saturated carbocycles. The van der Waals surface area contributed by atoms with Crippen LogP contribution < -0.4 is 0 Å². The Labute approximate surface area is 33.5 Å². The molecular formula is C5H8. The Kier molecular flexibility index (Phi) is 343. The molecule has 0 heteroatoms. The molecule has 0 aliphatic heterocycles. The van der Waals surface area contributed by atoms with Crippen molar-refractivity contribution in [3.63, 3.8) is 0 Å². The molecule has 0 atom stereocenters. The first-order valence-corrected chi connectivity index (χ1v) is 1.32. The molecule has 0 nitrogen and oxygen atoms in total. The molecule has 0 aliphatic carbocycles. The summed E-state index contributed by atoms with van der Waals surface area (Å²) in [5.74, 6) is 0. The minimum absolute atomic E-state index is 1.75.